The first kappa shape index (κ1) is 23.0. The lowest BCUT2D eigenvalue weighted by Crippen LogP contribution is -2.48. The van der Waals surface area contributed by atoms with Crippen molar-refractivity contribution >= 4 is 44.7 Å². The van der Waals surface area contributed by atoms with Crippen LogP contribution in [0.25, 0.3) is 10.2 Å². The first-order valence-electron chi connectivity index (χ1n) is 10.5. The van der Waals surface area contributed by atoms with Gasteiger partial charge >= 0.3 is 6.18 Å². The zero-order chi connectivity index (χ0) is 23.8. The molecule has 1 saturated heterocycles. The number of aryl methyl sites for hydroxylation is 1. The van der Waals surface area contributed by atoms with Crippen LogP contribution in [0.15, 0.2) is 35.7 Å². The maximum Gasteiger partial charge on any atom is 0.433 e. The highest BCUT2D eigenvalue weighted by molar-refractivity contribution is 7.17. The quantitative estimate of drug-likeness (QED) is 0.603. The number of thiophene rings is 1. The minimum atomic E-state index is -4.52. The third kappa shape index (κ3) is 4.95. The van der Waals surface area contributed by atoms with Gasteiger partial charge in [0.05, 0.1) is 12.1 Å². The van der Waals surface area contributed by atoms with Gasteiger partial charge in [0.2, 0.25) is 11.8 Å². The van der Waals surface area contributed by atoms with E-state index in [4.69, 9.17) is 0 Å². The molecule has 174 valence electrons. The summed E-state index contributed by atoms with van der Waals surface area (Å²) in [5.41, 5.74) is 1.73. The predicted molar refractivity (Wildman–Crippen MR) is 123 cm³/mol. The molecule has 1 aliphatic rings. The number of halogens is 3. The zero-order valence-electron chi connectivity index (χ0n) is 18.2. The van der Waals surface area contributed by atoms with Gasteiger partial charge in [-0.25, -0.2) is 4.98 Å². The Bertz CT molecular complexity index is 1200. The molecule has 2 amide bonds. The summed E-state index contributed by atoms with van der Waals surface area (Å²) < 4.78 is 39.2. The van der Waals surface area contributed by atoms with Crippen LogP contribution in [0, 0.1) is 6.92 Å². The van der Waals surface area contributed by atoms with E-state index in [2.05, 4.69) is 15.2 Å². The molecular formula is C23H23F3N4O2S. The topological polar surface area (TPSA) is 65.5 Å². The number of pyridine rings is 1. The smallest absolute Gasteiger partial charge is 0.368 e. The second-order valence-electron chi connectivity index (χ2n) is 8.00. The summed E-state index contributed by atoms with van der Waals surface area (Å²) in [6.07, 6.45) is -4.40. The van der Waals surface area contributed by atoms with Crippen LogP contribution in [0.2, 0.25) is 0 Å². The molecule has 0 bridgehead atoms. The maximum atomic E-state index is 13.1. The van der Waals surface area contributed by atoms with E-state index in [1.54, 1.807) is 24.1 Å². The summed E-state index contributed by atoms with van der Waals surface area (Å²) in [6, 6.07) is 8.62. The van der Waals surface area contributed by atoms with Crippen molar-refractivity contribution in [3.05, 3.63) is 52.5 Å². The van der Waals surface area contributed by atoms with Crippen molar-refractivity contribution in [2.45, 2.75) is 26.4 Å². The average Bonchev–Trinajstić information content (AvgIpc) is 3.16. The lowest BCUT2D eigenvalue weighted by molar-refractivity contribution is -0.141. The van der Waals surface area contributed by atoms with Gasteiger partial charge < -0.3 is 15.1 Å². The van der Waals surface area contributed by atoms with E-state index >= 15 is 0 Å². The largest absolute Gasteiger partial charge is 0.433 e. The summed E-state index contributed by atoms with van der Waals surface area (Å²) in [4.78, 5) is 32.4. The molecule has 0 unspecified atom stereocenters. The van der Waals surface area contributed by atoms with E-state index in [1.165, 1.54) is 0 Å². The number of anilines is 2. The number of nitrogens with one attached hydrogen (secondary N) is 1. The van der Waals surface area contributed by atoms with E-state index in [0.29, 0.717) is 42.8 Å². The minimum absolute atomic E-state index is 0.0532. The molecule has 0 atom stereocenters. The van der Waals surface area contributed by atoms with Gasteiger partial charge in [-0.2, -0.15) is 13.2 Å². The van der Waals surface area contributed by atoms with Crippen LogP contribution in [0.3, 0.4) is 0 Å². The monoisotopic (exact) mass is 476 g/mol. The molecular weight excluding hydrogens is 453 g/mol. The number of hydrogen-bond acceptors (Lipinski definition) is 5. The third-order valence-corrected chi connectivity index (χ3v) is 6.59. The Balaban J connectivity index is 1.50. The van der Waals surface area contributed by atoms with Crippen LogP contribution in [0.5, 0.6) is 0 Å². The van der Waals surface area contributed by atoms with Crippen LogP contribution in [-0.2, 0) is 22.2 Å². The second kappa shape index (κ2) is 9.01. The van der Waals surface area contributed by atoms with Crippen molar-refractivity contribution in [3.63, 3.8) is 0 Å². The molecule has 0 saturated carbocycles. The van der Waals surface area contributed by atoms with Crippen molar-refractivity contribution in [3.8, 4) is 0 Å². The maximum absolute atomic E-state index is 13.1. The fourth-order valence-electron chi connectivity index (χ4n) is 4.07. The lowest BCUT2D eigenvalue weighted by Gasteiger charge is -2.36. The fraction of sp³-hybridized carbons (Fsp3) is 0.348. The Kier molecular flexibility index (Phi) is 6.29. The highest BCUT2D eigenvalue weighted by Gasteiger charge is 2.33. The standard InChI is InChI=1S/C23H23F3N4O2S/c1-14-11-19(23(24,25)26)28-22-21(14)17(13-33-22)27-20(32)12-16-5-3-4-6-18(16)30-9-7-29(8-10-30)15(2)31/h3-6,11,13H,7-10,12H2,1-2H3,(H,27,32). The summed E-state index contributed by atoms with van der Waals surface area (Å²) in [6.45, 7) is 5.76. The van der Waals surface area contributed by atoms with E-state index in [-0.39, 0.29) is 23.1 Å². The van der Waals surface area contributed by atoms with Gasteiger partial charge in [-0.1, -0.05) is 18.2 Å². The van der Waals surface area contributed by atoms with Gasteiger partial charge in [-0.05, 0) is 30.2 Å². The molecule has 1 aliphatic heterocycles. The molecule has 0 spiro atoms. The molecule has 3 aromatic rings. The molecule has 0 aliphatic carbocycles. The molecule has 0 radical (unpaired) electrons. The Labute approximate surface area is 193 Å². The molecule has 1 fully saturated rings. The first-order valence-corrected chi connectivity index (χ1v) is 11.4. The SMILES string of the molecule is CC(=O)N1CCN(c2ccccc2CC(=O)Nc2csc3nc(C(F)(F)F)cc(C)c23)CC1. The number of amides is 2. The van der Waals surface area contributed by atoms with Gasteiger partial charge in [0.1, 0.15) is 10.5 Å². The number of hydrogen-bond donors (Lipinski definition) is 1. The van der Waals surface area contributed by atoms with Crippen LogP contribution in [-0.4, -0.2) is 47.9 Å². The molecule has 10 heteroatoms. The number of para-hydroxylation sites is 1. The average molecular weight is 477 g/mol. The number of aromatic nitrogens is 1. The number of rotatable bonds is 4. The molecule has 1 N–H and O–H groups in total. The second-order valence-corrected chi connectivity index (χ2v) is 8.86. The van der Waals surface area contributed by atoms with Crippen molar-refractivity contribution in [1.29, 1.82) is 0 Å². The summed E-state index contributed by atoms with van der Waals surface area (Å²) >= 11 is 1.07. The van der Waals surface area contributed by atoms with Gasteiger partial charge in [-0.15, -0.1) is 11.3 Å². The van der Waals surface area contributed by atoms with Crippen LogP contribution in [0.4, 0.5) is 24.5 Å². The van der Waals surface area contributed by atoms with E-state index in [1.807, 2.05) is 24.3 Å². The van der Waals surface area contributed by atoms with Gasteiger partial charge in [0.25, 0.3) is 0 Å². The number of alkyl halides is 3. The summed E-state index contributed by atoms with van der Waals surface area (Å²) in [5, 5.41) is 4.99. The molecule has 1 aromatic carbocycles. The highest BCUT2D eigenvalue weighted by Crippen LogP contribution is 2.36. The van der Waals surface area contributed by atoms with E-state index in [9.17, 15) is 22.8 Å². The molecule has 2 aromatic heterocycles. The van der Waals surface area contributed by atoms with Crippen molar-refractivity contribution in [1.82, 2.24) is 9.88 Å². The fourth-order valence-corrected chi connectivity index (χ4v) is 5.01. The Morgan fingerprint density at radius 2 is 1.85 bits per heavy atom. The van der Waals surface area contributed by atoms with Crippen LogP contribution >= 0.6 is 11.3 Å². The summed E-state index contributed by atoms with van der Waals surface area (Å²) in [7, 11) is 0. The van der Waals surface area contributed by atoms with Gasteiger partial charge in [0.15, 0.2) is 0 Å². The molecule has 4 rings (SSSR count). The van der Waals surface area contributed by atoms with Crippen molar-refractivity contribution < 1.29 is 22.8 Å². The minimum Gasteiger partial charge on any atom is -0.368 e. The van der Waals surface area contributed by atoms with Crippen LogP contribution < -0.4 is 10.2 Å². The number of nitrogens with zero attached hydrogens (tertiary/aromatic N) is 3. The molecule has 3 heterocycles. The van der Waals surface area contributed by atoms with Crippen molar-refractivity contribution in [2.24, 2.45) is 0 Å². The van der Waals surface area contributed by atoms with Gasteiger partial charge in [-0.3, -0.25) is 9.59 Å². The number of carbonyl (C=O) groups is 2. The number of benzene rings is 1. The molecule has 6 nitrogen and oxygen atoms in total. The van der Waals surface area contributed by atoms with Crippen molar-refractivity contribution in [2.75, 3.05) is 36.4 Å². The predicted octanol–water partition coefficient (Wildman–Crippen LogP) is 4.47. The third-order valence-electron chi connectivity index (χ3n) is 5.71. The number of carbonyl (C=O) groups excluding carboxylic acids is 2. The normalized spacial score (nSPS) is 14.6. The number of piperazine rings is 1. The zero-order valence-corrected chi connectivity index (χ0v) is 19.0. The molecule has 33 heavy (non-hydrogen) atoms. The Morgan fingerprint density at radius 3 is 2.52 bits per heavy atom. The van der Waals surface area contributed by atoms with E-state index in [0.717, 1.165) is 28.7 Å². The number of fused-ring (bicyclic) bond motifs is 1. The highest BCUT2D eigenvalue weighted by atomic mass is 32.1. The Morgan fingerprint density at radius 1 is 1.15 bits per heavy atom. The Hall–Kier alpha value is -3.14. The summed E-state index contributed by atoms with van der Waals surface area (Å²) in [5.74, 6) is -0.207. The first-order chi connectivity index (χ1) is 15.6. The van der Waals surface area contributed by atoms with Crippen LogP contribution in [0.1, 0.15) is 23.7 Å². The van der Waals surface area contributed by atoms with Gasteiger partial charge in [0, 0.05) is 49.6 Å². The van der Waals surface area contributed by atoms with E-state index < -0.39 is 11.9 Å². The lowest BCUT2D eigenvalue weighted by atomic mass is 10.1.